The van der Waals surface area contributed by atoms with Crippen LogP contribution < -0.4 is 5.73 Å². The number of nitrogens with zero attached hydrogens (tertiary/aromatic N) is 2. The Morgan fingerprint density at radius 1 is 1.61 bits per heavy atom. The van der Waals surface area contributed by atoms with Crippen molar-refractivity contribution in [1.29, 1.82) is 0 Å². The molecule has 1 atom stereocenters. The molecule has 1 aliphatic heterocycles. The third-order valence-corrected chi connectivity index (χ3v) is 2.94. The average Bonchev–Trinajstić information content (AvgIpc) is 2.41. The molecule has 2 rings (SSSR count). The van der Waals surface area contributed by atoms with Crippen LogP contribution in [0.25, 0.3) is 0 Å². The number of nitrogen functional groups attached to an aromatic ring is 1. The van der Waals surface area contributed by atoms with Crippen molar-refractivity contribution in [2.45, 2.75) is 12.5 Å². The summed E-state index contributed by atoms with van der Waals surface area (Å²) in [5.74, 6) is -0.0466. The zero-order valence-corrected chi connectivity index (χ0v) is 10.1. The molecule has 98 valence electrons. The lowest BCUT2D eigenvalue weighted by Gasteiger charge is -2.34. The topological polar surface area (TPSA) is 88.7 Å². The van der Waals surface area contributed by atoms with Crippen molar-refractivity contribution in [3.05, 3.63) is 24.0 Å². The number of ether oxygens (including phenoxy) is 1. The summed E-state index contributed by atoms with van der Waals surface area (Å²) in [6, 6.07) is 3.21. The third kappa shape index (κ3) is 2.96. The van der Waals surface area contributed by atoms with Crippen LogP contribution in [0.5, 0.6) is 0 Å². The fourth-order valence-corrected chi connectivity index (χ4v) is 1.93. The highest BCUT2D eigenvalue weighted by Crippen LogP contribution is 2.10. The predicted octanol–water partition coefficient (Wildman–Crippen LogP) is -0.574. The van der Waals surface area contributed by atoms with Gasteiger partial charge in [0.15, 0.2) is 0 Å². The maximum atomic E-state index is 12.1. The second kappa shape index (κ2) is 5.79. The van der Waals surface area contributed by atoms with Gasteiger partial charge in [0.25, 0.3) is 0 Å². The molecule has 1 unspecified atom stereocenters. The minimum absolute atomic E-state index is 0.0466. The van der Waals surface area contributed by atoms with Crippen molar-refractivity contribution in [3.8, 4) is 0 Å². The summed E-state index contributed by atoms with van der Waals surface area (Å²) in [6.45, 7) is 1.33. The van der Waals surface area contributed by atoms with E-state index in [2.05, 4.69) is 4.98 Å². The van der Waals surface area contributed by atoms with Crippen LogP contribution in [0.3, 0.4) is 0 Å². The second-order valence-corrected chi connectivity index (χ2v) is 4.26. The number of pyridine rings is 1. The van der Waals surface area contributed by atoms with E-state index >= 15 is 0 Å². The molecule has 6 nitrogen and oxygen atoms in total. The van der Waals surface area contributed by atoms with Crippen LogP contribution in [0, 0.1) is 0 Å². The van der Waals surface area contributed by atoms with Crippen LogP contribution in [-0.4, -0.2) is 53.3 Å². The number of aromatic nitrogens is 1. The van der Waals surface area contributed by atoms with E-state index in [1.54, 1.807) is 17.0 Å². The van der Waals surface area contributed by atoms with E-state index in [0.29, 0.717) is 31.1 Å². The predicted molar refractivity (Wildman–Crippen MR) is 65.8 cm³/mol. The first-order valence-electron chi connectivity index (χ1n) is 5.89. The molecule has 1 aromatic rings. The molecule has 1 saturated heterocycles. The summed E-state index contributed by atoms with van der Waals surface area (Å²) in [7, 11) is 0. The lowest BCUT2D eigenvalue weighted by molar-refractivity contribution is -0.140. The van der Waals surface area contributed by atoms with E-state index in [9.17, 15) is 9.90 Å². The number of hydrogen-bond acceptors (Lipinski definition) is 5. The zero-order chi connectivity index (χ0) is 13.0. The molecule has 0 aliphatic carbocycles. The van der Waals surface area contributed by atoms with E-state index in [4.69, 9.17) is 10.5 Å². The van der Waals surface area contributed by atoms with Crippen LogP contribution in [0.1, 0.15) is 5.69 Å². The standard InChI is InChI=1S/C12H17N3O3/c13-9-1-2-10(14-6-9)5-12(17)15-3-4-18-8-11(15)7-16/h1-2,6,11,16H,3-5,7-8,13H2. The normalized spacial score (nSPS) is 19.8. The number of carbonyl (C=O) groups excluding carboxylic acids is 1. The fraction of sp³-hybridized carbons (Fsp3) is 0.500. The highest BCUT2D eigenvalue weighted by molar-refractivity contribution is 5.78. The second-order valence-electron chi connectivity index (χ2n) is 4.26. The average molecular weight is 251 g/mol. The van der Waals surface area contributed by atoms with E-state index in [-0.39, 0.29) is 25.0 Å². The summed E-state index contributed by atoms with van der Waals surface area (Å²) < 4.78 is 5.23. The van der Waals surface area contributed by atoms with Gasteiger partial charge in [-0.2, -0.15) is 0 Å². The molecule has 0 radical (unpaired) electrons. The number of rotatable bonds is 3. The molecule has 3 N–H and O–H groups in total. The Morgan fingerprint density at radius 2 is 2.44 bits per heavy atom. The van der Waals surface area contributed by atoms with Gasteiger partial charge in [-0.05, 0) is 12.1 Å². The van der Waals surface area contributed by atoms with Crippen LogP contribution in [0.2, 0.25) is 0 Å². The fourth-order valence-electron chi connectivity index (χ4n) is 1.93. The summed E-state index contributed by atoms with van der Waals surface area (Å²) >= 11 is 0. The first-order chi connectivity index (χ1) is 8.70. The van der Waals surface area contributed by atoms with Crippen molar-refractivity contribution in [1.82, 2.24) is 9.88 Å². The lowest BCUT2D eigenvalue weighted by Crippen LogP contribution is -2.51. The first kappa shape index (κ1) is 12.8. The molecule has 0 saturated carbocycles. The number of amides is 1. The highest BCUT2D eigenvalue weighted by atomic mass is 16.5. The Labute approximate surface area is 105 Å². The van der Waals surface area contributed by atoms with Crippen LogP contribution in [0.15, 0.2) is 18.3 Å². The number of anilines is 1. The number of carbonyl (C=O) groups is 1. The van der Waals surface area contributed by atoms with Crippen molar-refractivity contribution in [2.75, 3.05) is 32.1 Å². The molecule has 1 aliphatic rings. The quantitative estimate of drug-likeness (QED) is 0.750. The first-order valence-corrected chi connectivity index (χ1v) is 5.89. The molecular formula is C12H17N3O3. The van der Waals surface area contributed by atoms with Gasteiger partial charge < -0.3 is 20.5 Å². The number of hydrogen-bond donors (Lipinski definition) is 2. The Bertz CT molecular complexity index is 408. The number of aliphatic hydroxyl groups excluding tert-OH is 1. The van der Waals surface area contributed by atoms with Crippen molar-refractivity contribution in [2.24, 2.45) is 0 Å². The Kier molecular flexibility index (Phi) is 4.11. The molecular weight excluding hydrogens is 234 g/mol. The van der Waals surface area contributed by atoms with Gasteiger partial charge >= 0.3 is 0 Å². The third-order valence-electron chi connectivity index (χ3n) is 2.94. The number of nitrogens with two attached hydrogens (primary N) is 1. The largest absolute Gasteiger partial charge is 0.397 e. The number of aliphatic hydroxyl groups is 1. The van der Waals surface area contributed by atoms with Crippen LogP contribution >= 0.6 is 0 Å². The molecule has 0 aromatic carbocycles. The van der Waals surface area contributed by atoms with Crippen LogP contribution in [0.4, 0.5) is 5.69 Å². The maximum Gasteiger partial charge on any atom is 0.229 e. The van der Waals surface area contributed by atoms with Gasteiger partial charge in [-0.25, -0.2) is 0 Å². The Morgan fingerprint density at radius 3 is 3.11 bits per heavy atom. The van der Waals surface area contributed by atoms with E-state index < -0.39 is 0 Å². The molecule has 18 heavy (non-hydrogen) atoms. The number of morpholine rings is 1. The van der Waals surface area contributed by atoms with Crippen molar-refractivity contribution in [3.63, 3.8) is 0 Å². The monoisotopic (exact) mass is 251 g/mol. The zero-order valence-electron chi connectivity index (χ0n) is 10.1. The molecule has 6 heteroatoms. The van der Waals surface area contributed by atoms with Gasteiger partial charge in [0.05, 0.1) is 44.2 Å². The molecule has 2 heterocycles. The van der Waals surface area contributed by atoms with Crippen LogP contribution in [-0.2, 0) is 16.0 Å². The van der Waals surface area contributed by atoms with Gasteiger partial charge in [0.1, 0.15) is 0 Å². The molecule has 1 amide bonds. The summed E-state index contributed by atoms with van der Waals surface area (Å²) in [5.41, 5.74) is 6.79. The van der Waals surface area contributed by atoms with Crippen molar-refractivity contribution < 1.29 is 14.6 Å². The summed E-state index contributed by atoms with van der Waals surface area (Å²) in [5, 5.41) is 9.21. The van der Waals surface area contributed by atoms with E-state index in [1.807, 2.05) is 0 Å². The molecule has 1 fully saturated rings. The SMILES string of the molecule is Nc1ccc(CC(=O)N2CCOCC2CO)nc1. The lowest BCUT2D eigenvalue weighted by atomic mass is 10.2. The van der Waals surface area contributed by atoms with E-state index in [0.717, 1.165) is 0 Å². The molecule has 1 aromatic heterocycles. The van der Waals surface area contributed by atoms with Gasteiger partial charge in [0, 0.05) is 12.2 Å². The minimum atomic E-state index is -0.250. The maximum absolute atomic E-state index is 12.1. The minimum Gasteiger partial charge on any atom is -0.397 e. The van der Waals surface area contributed by atoms with Gasteiger partial charge in [-0.15, -0.1) is 0 Å². The van der Waals surface area contributed by atoms with Gasteiger partial charge in [-0.1, -0.05) is 0 Å². The molecule has 0 bridgehead atoms. The Balaban J connectivity index is 2.00. The summed E-state index contributed by atoms with van der Waals surface area (Å²) in [6.07, 6.45) is 1.75. The Hall–Kier alpha value is -1.66. The van der Waals surface area contributed by atoms with Gasteiger partial charge in [-0.3, -0.25) is 9.78 Å². The van der Waals surface area contributed by atoms with Crippen molar-refractivity contribution >= 4 is 11.6 Å². The highest BCUT2D eigenvalue weighted by Gasteiger charge is 2.26. The van der Waals surface area contributed by atoms with Gasteiger partial charge in [0.2, 0.25) is 5.91 Å². The molecule has 0 spiro atoms. The summed E-state index contributed by atoms with van der Waals surface area (Å²) in [4.78, 5) is 17.9. The smallest absolute Gasteiger partial charge is 0.229 e. The van der Waals surface area contributed by atoms with E-state index in [1.165, 1.54) is 6.20 Å².